The first-order valence-electron chi connectivity index (χ1n) is 4.99. The van der Waals surface area contributed by atoms with Gasteiger partial charge in [0.1, 0.15) is 5.76 Å². The molecule has 14 heavy (non-hydrogen) atoms. The topological polar surface area (TPSA) is 25.2 Å². The minimum Gasteiger partial charge on any atom is -0.468 e. The van der Waals surface area contributed by atoms with Gasteiger partial charge in [0, 0.05) is 16.7 Å². The van der Waals surface area contributed by atoms with Gasteiger partial charge in [-0.1, -0.05) is 13.8 Å². The van der Waals surface area contributed by atoms with Crippen molar-refractivity contribution in [2.45, 2.75) is 31.7 Å². The first-order chi connectivity index (χ1) is 6.65. The Labute approximate surface area is 90.5 Å². The second-order valence-electron chi connectivity index (χ2n) is 3.79. The van der Waals surface area contributed by atoms with Crippen molar-refractivity contribution in [3.05, 3.63) is 18.1 Å². The number of hydrogen-bond acceptors (Lipinski definition) is 3. The van der Waals surface area contributed by atoms with E-state index >= 15 is 0 Å². The zero-order valence-corrected chi connectivity index (χ0v) is 10.1. The molecule has 0 saturated heterocycles. The average molecular weight is 213 g/mol. The van der Waals surface area contributed by atoms with Crippen molar-refractivity contribution in [3.63, 3.8) is 0 Å². The van der Waals surface area contributed by atoms with Crippen LogP contribution in [0.15, 0.2) is 21.6 Å². The first kappa shape index (κ1) is 11.7. The van der Waals surface area contributed by atoms with Crippen molar-refractivity contribution in [1.29, 1.82) is 0 Å². The van der Waals surface area contributed by atoms with E-state index in [9.17, 15) is 0 Å². The molecule has 1 aromatic rings. The van der Waals surface area contributed by atoms with E-state index in [0.29, 0.717) is 12.0 Å². The summed E-state index contributed by atoms with van der Waals surface area (Å²) in [5.74, 6) is 2.78. The fraction of sp³-hybridized carbons (Fsp3) is 0.636. The van der Waals surface area contributed by atoms with Gasteiger partial charge >= 0.3 is 0 Å². The van der Waals surface area contributed by atoms with Crippen LogP contribution in [0.2, 0.25) is 0 Å². The van der Waals surface area contributed by atoms with Gasteiger partial charge in [0.2, 0.25) is 0 Å². The molecule has 80 valence electrons. The molecule has 1 rings (SSSR count). The van der Waals surface area contributed by atoms with Gasteiger partial charge < -0.3 is 9.73 Å². The maximum absolute atomic E-state index is 5.25. The van der Waals surface area contributed by atoms with E-state index in [1.165, 1.54) is 4.90 Å². The third-order valence-corrected chi connectivity index (χ3v) is 3.67. The summed E-state index contributed by atoms with van der Waals surface area (Å²) < 4.78 is 5.25. The predicted molar refractivity (Wildman–Crippen MR) is 61.9 cm³/mol. The Morgan fingerprint density at radius 1 is 1.50 bits per heavy atom. The van der Waals surface area contributed by atoms with Crippen molar-refractivity contribution in [3.8, 4) is 0 Å². The Morgan fingerprint density at radius 3 is 2.64 bits per heavy atom. The Balaban J connectivity index is 2.43. The largest absolute Gasteiger partial charge is 0.468 e. The maximum Gasteiger partial charge on any atom is 0.114 e. The van der Waals surface area contributed by atoms with Gasteiger partial charge in [-0.2, -0.15) is 0 Å². The predicted octanol–water partition coefficient (Wildman–Crippen LogP) is 2.92. The molecule has 1 atom stereocenters. The summed E-state index contributed by atoms with van der Waals surface area (Å²) >= 11 is 1.86. The van der Waals surface area contributed by atoms with Gasteiger partial charge in [-0.05, 0) is 26.0 Å². The Morgan fingerprint density at radius 2 is 2.21 bits per heavy atom. The smallest absolute Gasteiger partial charge is 0.114 e. The van der Waals surface area contributed by atoms with Crippen LogP contribution in [0.4, 0.5) is 0 Å². The van der Waals surface area contributed by atoms with E-state index < -0.39 is 0 Å². The normalized spacial score (nSPS) is 13.5. The number of nitrogens with one attached hydrogen (secondary N) is 1. The van der Waals surface area contributed by atoms with E-state index in [4.69, 9.17) is 4.42 Å². The lowest BCUT2D eigenvalue weighted by molar-refractivity contribution is 0.465. The monoisotopic (exact) mass is 213 g/mol. The summed E-state index contributed by atoms with van der Waals surface area (Å²) in [6.45, 7) is 6.49. The first-order valence-corrected chi connectivity index (χ1v) is 5.98. The van der Waals surface area contributed by atoms with Crippen molar-refractivity contribution in [2.24, 2.45) is 5.92 Å². The lowest BCUT2D eigenvalue weighted by Gasteiger charge is -2.19. The van der Waals surface area contributed by atoms with Crippen molar-refractivity contribution < 1.29 is 4.42 Å². The number of thioether (sulfide) groups is 1. The van der Waals surface area contributed by atoms with Crippen LogP contribution in [0.25, 0.3) is 0 Å². The quantitative estimate of drug-likeness (QED) is 0.761. The zero-order chi connectivity index (χ0) is 10.6. The van der Waals surface area contributed by atoms with Crippen LogP contribution in [0.5, 0.6) is 0 Å². The Hall–Kier alpha value is -0.410. The number of aryl methyl sites for hydroxylation is 1. The van der Waals surface area contributed by atoms with Gasteiger partial charge in [0.15, 0.2) is 0 Å². The summed E-state index contributed by atoms with van der Waals surface area (Å²) in [5, 5.41) is 3.33. The van der Waals surface area contributed by atoms with Crippen LogP contribution in [-0.2, 0) is 0 Å². The fourth-order valence-electron chi connectivity index (χ4n) is 1.31. The van der Waals surface area contributed by atoms with Crippen LogP contribution >= 0.6 is 11.8 Å². The van der Waals surface area contributed by atoms with Gasteiger partial charge in [-0.25, -0.2) is 0 Å². The molecule has 1 N–H and O–H groups in total. The molecule has 0 saturated carbocycles. The molecule has 3 heteroatoms. The van der Waals surface area contributed by atoms with E-state index in [1.807, 2.05) is 31.8 Å². The minimum absolute atomic E-state index is 0.564. The molecular weight excluding hydrogens is 194 g/mol. The van der Waals surface area contributed by atoms with E-state index in [1.54, 1.807) is 6.26 Å². The van der Waals surface area contributed by atoms with Crippen LogP contribution in [0.1, 0.15) is 19.6 Å². The molecule has 0 amide bonds. The standard InChI is InChI=1S/C11H19NOS/c1-8(2)10(12-4)7-14-11-5-6-13-9(11)3/h5-6,8,10,12H,7H2,1-4H3. The van der Waals surface area contributed by atoms with Gasteiger partial charge in [-0.15, -0.1) is 11.8 Å². The van der Waals surface area contributed by atoms with E-state index in [2.05, 4.69) is 19.2 Å². The molecule has 1 heterocycles. The molecule has 0 aliphatic rings. The molecule has 0 aliphatic heterocycles. The number of hydrogen-bond donors (Lipinski definition) is 1. The average Bonchev–Trinajstić information content (AvgIpc) is 2.52. The van der Waals surface area contributed by atoms with Crippen molar-refractivity contribution in [2.75, 3.05) is 12.8 Å². The maximum atomic E-state index is 5.25. The van der Waals surface area contributed by atoms with E-state index in [-0.39, 0.29) is 0 Å². The highest BCUT2D eigenvalue weighted by Gasteiger charge is 2.12. The summed E-state index contributed by atoms with van der Waals surface area (Å²) in [5.41, 5.74) is 0. The highest BCUT2D eigenvalue weighted by atomic mass is 32.2. The molecular formula is C11H19NOS. The molecule has 0 aliphatic carbocycles. The fourth-order valence-corrected chi connectivity index (χ4v) is 2.63. The van der Waals surface area contributed by atoms with Gasteiger partial charge in [-0.3, -0.25) is 0 Å². The lowest BCUT2D eigenvalue weighted by atomic mass is 10.1. The lowest BCUT2D eigenvalue weighted by Crippen LogP contribution is -2.32. The molecule has 0 radical (unpaired) electrons. The highest BCUT2D eigenvalue weighted by molar-refractivity contribution is 7.99. The molecule has 2 nitrogen and oxygen atoms in total. The SMILES string of the molecule is CNC(CSc1ccoc1C)C(C)C. The summed E-state index contributed by atoms with van der Waals surface area (Å²) in [6, 6.07) is 2.60. The van der Waals surface area contributed by atoms with Gasteiger partial charge in [0.05, 0.1) is 6.26 Å². The Bertz CT molecular complexity index is 270. The van der Waals surface area contributed by atoms with Crippen LogP contribution in [0.3, 0.4) is 0 Å². The molecule has 0 bridgehead atoms. The van der Waals surface area contributed by atoms with Gasteiger partial charge in [0.25, 0.3) is 0 Å². The summed E-state index contributed by atoms with van der Waals surface area (Å²) in [4.78, 5) is 1.26. The van der Waals surface area contributed by atoms with Crippen LogP contribution in [0, 0.1) is 12.8 Å². The van der Waals surface area contributed by atoms with Crippen LogP contribution < -0.4 is 5.32 Å². The second kappa shape index (κ2) is 5.47. The summed E-state index contributed by atoms with van der Waals surface area (Å²) in [6.07, 6.45) is 1.75. The van der Waals surface area contributed by atoms with Crippen LogP contribution in [-0.4, -0.2) is 18.8 Å². The zero-order valence-electron chi connectivity index (χ0n) is 9.33. The number of furan rings is 1. The van der Waals surface area contributed by atoms with E-state index in [0.717, 1.165) is 11.5 Å². The van der Waals surface area contributed by atoms with Crippen molar-refractivity contribution in [1.82, 2.24) is 5.32 Å². The molecule has 0 spiro atoms. The second-order valence-corrected chi connectivity index (χ2v) is 4.85. The highest BCUT2D eigenvalue weighted by Crippen LogP contribution is 2.24. The third kappa shape index (κ3) is 3.07. The third-order valence-electron chi connectivity index (χ3n) is 2.41. The molecule has 0 aromatic carbocycles. The van der Waals surface area contributed by atoms with Crippen molar-refractivity contribution >= 4 is 11.8 Å². The molecule has 0 fully saturated rings. The minimum atomic E-state index is 0.564. The summed E-state index contributed by atoms with van der Waals surface area (Å²) in [7, 11) is 2.02. The number of rotatable bonds is 5. The molecule has 1 aromatic heterocycles. The Kier molecular flexibility index (Phi) is 4.55. The molecule has 1 unspecified atom stereocenters.